The van der Waals surface area contributed by atoms with Gasteiger partial charge in [0.2, 0.25) is 0 Å². The van der Waals surface area contributed by atoms with Crippen molar-refractivity contribution < 1.29 is 4.39 Å². The Labute approximate surface area is 132 Å². The Kier molecular flexibility index (Phi) is 5.87. The van der Waals surface area contributed by atoms with Crippen LogP contribution in [0.4, 0.5) is 4.39 Å². The third-order valence-corrected chi connectivity index (χ3v) is 3.80. The number of rotatable bonds is 7. The van der Waals surface area contributed by atoms with Gasteiger partial charge in [0.1, 0.15) is 18.0 Å². The first kappa shape index (κ1) is 16.1. The predicted molar refractivity (Wildman–Crippen MR) is 84.5 cm³/mol. The fraction of sp³-hybridized carbons (Fsp3) is 0.467. The normalized spacial score (nSPS) is 12.6. The summed E-state index contributed by atoms with van der Waals surface area (Å²) in [6.45, 7) is 5.71. The smallest absolute Gasteiger partial charge is 0.138 e. The summed E-state index contributed by atoms with van der Waals surface area (Å²) in [5.74, 6) is 0.669. The zero-order valence-corrected chi connectivity index (χ0v) is 13.9. The van der Waals surface area contributed by atoms with Gasteiger partial charge in [0.25, 0.3) is 0 Å². The highest BCUT2D eigenvalue weighted by Gasteiger charge is 2.18. The molecule has 1 heterocycles. The van der Waals surface area contributed by atoms with Crippen LogP contribution in [0.2, 0.25) is 0 Å². The van der Waals surface area contributed by atoms with Crippen molar-refractivity contribution in [1.82, 2.24) is 20.1 Å². The first-order valence-corrected chi connectivity index (χ1v) is 8.00. The zero-order valence-electron chi connectivity index (χ0n) is 12.3. The molecule has 0 fully saturated rings. The highest BCUT2D eigenvalue weighted by atomic mass is 79.9. The average Bonchev–Trinajstić information content (AvgIpc) is 2.86. The number of hydrogen-bond donors (Lipinski definition) is 1. The molecule has 0 saturated heterocycles. The fourth-order valence-corrected chi connectivity index (χ4v) is 2.68. The van der Waals surface area contributed by atoms with E-state index in [9.17, 15) is 4.39 Å². The molecule has 0 aliphatic rings. The molecule has 0 saturated carbocycles. The average molecular weight is 355 g/mol. The lowest BCUT2D eigenvalue weighted by Gasteiger charge is -2.19. The van der Waals surface area contributed by atoms with E-state index in [1.165, 1.54) is 6.07 Å². The van der Waals surface area contributed by atoms with Crippen molar-refractivity contribution in [3.63, 3.8) is 0 Å². The minimum atomic E-state index is -0.211. The molecule has 6 heteroatoms. The van der Waals surface area contributed by atoms with E-state index in [4.69, 9.17) is 0 Å². The quantitative estimate of drug-likeness (QED) is 0.827. The lowest BCUT2D eigenvalue weighted by Crippen LogP contribution is -2.25. The van der Waals surface area contributed by atoms with Gasteiger partial charge >= 0.3 is 0 Å². The minimum Gasteiger partial charge on any atom is -0.310 e. The summed E-state index contributed by atoms with van der Waals surface area (Å²) in [6, 6.07) is 5.06. The molecule has 114 valence electrons. The number of likely N-dealkylation sites (N-methyl/N-ethyl adjacent to an activating group) is 1. The van der Waals surface area contributed by atoms with Crippen LogP contribution in [0.15, 0.2) is 29.0 Å². The van der Waals surface area contributed by atoms with E-state index in [0.717, 1.165) is 29.8 Å². The Morgan fingerprint density at radius 2 is 2.19 bits per heavy atom. The number of aryl methyl sites for hydroxylation is 1. The molecule has 1 N–H and O–H groups in total. The third-order valence-electron chi connectivity index (χ3n) is 3.31. The van der Waals surface area contributed by atoms with Crippen LogP contribution >= 0.6 is 15.9 Å². The molecule has 4 nitrogen and oxygen atoms in total. The van der Waals surface area contributed by atoms with Crippen LogP contribution < -0.4 is 5.32 Å². The lowest BCUT2D eigenvalue weighted by atomic mass is 10.0. The standard InChI is InChI=1S/C15H20BrFN4/c1-3-7-21-15(19-10-20-21)9-14(18-4-2)12-6-5-11(16)8-13(12)17/h5-6,8,10,14,18H,3-4,7,9H2,1-2H3. The minimum absolute atomic E-state index is 0.108. The number of hydrogen-bond acceptors (Lipinski definition) is 3. The second-order valence-corrected chi connectivity index (χ2v) is 5.80. The molecule has 1 aromatic carbocycles. The molecule has 0 bridgehead atoms. The number of nitrogens with zero attached hydrogens (tertiary/aromatic N) is 3. The van der Waals surface area contributed by atoms with Gasteiger partial charge in [0.15, 0.2) is 0 Å². The largest absolute Gasteiger partial charge is 0.310 e. The highest BCUT2D eigenvalue weighted by molar-refractivity contribution is 9.10. The van der Waals surface area contributed by atoms with Gasteiger partial charge < -0.3 is 5.32 Å². The van der Waals surface area contributed by atoms with E-state index in [-0.39, 0.29) is 11.9 Å². The molecule has 2 rings (SSSR count). The zero-order chi connectivity index (χ0) is 15.2. The van der Waals surface area contributed by atoms with E-state index >= 15 is 0 Å². The molecule has 21 heavy (non-hydrogen) atoms. The second-order valence-electron chi connectivity index (χ2n) is 4.88. The van der Waals surface area contributed by atoms with Crippen LogP contribution in [0.25, 0.3) is 0 Å². The maximum absolute atomic E-state index is 14.2. The summed E-state index contributed by atoms with van der Waals surface area (Å²) in [5, 5.41) is 7.56. The van der Waals surface area contributed by atoms with Gasteiger partial charge in [-0.2, -0.15) is 5.10 Å². The Morgan fingerprint density at radius 3 is 2.86 bits per heavy atom. The molecule has 1 aromatic heterocycles. The summed E-state index contributed by atoms with van der Waals surface area (Å²) in [4.78, 5) is 4.31. The Morgan fingerprint density at radius 1 is 1.38 bits per heavy atom. The Balaban J connectivity index is 2.24. The topological polar surface area (TPSA) is 42.7 Å². The molecule has 2 aromatic rings. The highest BCUT2D eigenvalue weighted by Crippen LogP contribution is 2.23. The number of nitrogens with one attached hydrogen (secondary N) is 1. The summed E-state index contributed by atoms with van der Waals surface area (Å²) >= 11 is 3.29. The second kappa shape index (κ2) is 7.66. The Bertz CT molecular complexity index is 585. The van der Waals surface area contributed by atoms with Crippen molar-refractivity contribution in [1.29, 1.82) is 0 Å². The van der Waals surface area contributed by atoms with Crippen molar-refractivity contribution in [3.8, 4) is 0 Å². The van der Waals surface area contributed by atoms with Crippen molar-refractivity contribution in [3.05, 3.63) is 46.2 Å². The first-order valence-electron chi connectivity index (χ1n) is 7.20. The SMILES string of the molecule is CCCn1ncnc1CC(NCC)c1ccc(Br)cc1F. The number of halogens is 2. The third kappa shape index (κ3) is 4.11. The van der Waals surface area contributed by atoms with Gasteiger partial charge in [0, 0.05) is 29.0 Å². The fourth-order valence-electron chi connectivity index (χ4n) is 2.35. The van der Waals surface area contributed by atoms with Gasteiger partial charge in [-0.1, -0.05) is 35.8 Å². The molecule has 0 radical (unpaired) electrons. The van der Waals surface area contributed by atoms with Crippen LogP contribution in [0.1, 0.15) is 37.7 Å². The van der Waals surface area contributed by atoms with Gasteiger partial charge in [-0.25, -0.2) is 9.37 Å². The monoisotopic (exact) mass is 354 g/mol. The molecule has 1 unspecified atom stereocenters. The molecular formula is C15H20BrFN4. The Hall–Kier alpha value is -1.27. The number of aromatic nitrogens is 3. The van der Waals surface area contributed by atoms with Gasteiger partial charge in [-0.15, -0.1) is 0 Å². The predicted octanol–water partition coefficient (Wildman–Crippen LogP) is 3.48. The van der Waals surface area contributed by atoms with E-state index in [2.05, 4.69) is 38.3 Å². The molecule has 0 aliphatic heterocycles. The van der Waals surface area contributed by atoms with Crippen molar-refractivity contribution in [2.24, 2.45) is 0 Å². The molecular weight excluding hydrogens is 335 g/mol. The van der Waals surface area contributed by atoms with E-state index in [1.54, 1.807) is 6.33 Å². The van der Waals surface area contributed by atoms with E-state index in [1.807, 2.05) is 23.7 Å². The maximum Gasteiger partial charge on any atom is 0.138 e. The molecule has 0 amide bonds. The summed E-state index contributed by atoms with van der Waals surface area (Å²) in [6.07, 6.45) is 3.17. The number of benzene rings is 1. The van der Waals surface area contributed by atoms with Crippen molar-refractivity contribution in [2.45, 2.75) is 39.3 Å². The summed E-state index contributed by atoms with van der Waals surface area (Å²) < 4.78 is 16.8. The van der Waals surface area contributed by atoms with Crippen LogP contribution in [-0.4, -0.2) is 21.3 Å². The van der Waals surface area contributed by atoms with Crippen LogP contribution in [0.3, 0.4) is 0 Å². The van der Waals surface area contributed by atoms with Gasteiger partial charge in [-0.3, -0.25) is 4.68 Å². The van der Waals surface area contributed by atoms with Crippen LogP contribution in [-0.2, 0) is 13.0 Å². The lowest BCUT2D eigenvalue weighted by molar-refractivity contribution is 0.478. The first-order chi connectivity index (χ1) is 10.2. The van der Waals surface area contributed by atoms with Crippen molar-refractivity contribution >= 4 is 15.9 Å². The molecule has 0 aliphatic carbocycles. The van der Waals surface area contributed by atoms with Crippen LogP contribution in [0, 0.1) is 5.82 Å². The van der Waals surface area contributed by atoms with Gasteiger partial charge in [-0.05, 0) is 25.1 Å². The molecule has 1 atom stereocenters. The maximum atomic E-state index is 14.2. The van der Waals surface area contributed by atoms with E-state index < -0.39 is 0 Å². The van der Waals surface area contributed by atoms with Crippen LogP contribution in [0.5, 0.6) is 0 Å². The van der Waals surface area contributed by atoms with E-state index in [0.29, 0.717) is 12.0 Å². The van der Waals surface area contributed by atoms with Crippen molar-refractivity contribution in [2.75, 3.05) is 6.54 Å². The summed E-state index contributed by atoms with van der Waals surface area (Å²) in [7, 11) is 0. The summed E-state index contributed by atoms with van der Waals surface area (Å²) in [5.41, 5.74) is 0.658. The van der Waals surface area contributed by atoms with Gasteiger partial charge in [0.05, 0.1) is 0 Å². The molecule has 0 spiro atoms.